The van der Waals surface area contributed by atoms with Crippen molar-refractivity contribution in [1.82, 2.24) is 14.9 Å². The Kier molecular flexibility index (Phi) is 5.39. The summed E-state index contributed by atoms with van der Waals surface area (Å²) in [5, 5.41) is 0.383. The summed E-state index contributed by atoms with van der Waals surface area (Å²) in [5.74, 6) is 0. The number of carbonyl (C=O) groups is 1. The van der Waals surface area contributed by atoms with Crippen LogP contribution < -0.4 is 0 Å². The van der Waals surface area contributed by atoms with Crippen LogP contribution in [-0.2, 0) is 15.5 Å². The molecule has 0 bridgehead atoms. The predicted octanol–water partition coefficient (Wildman–Crippen LogP) is 2.60. The maximum atomic E-state index is 12.7. The minimum absolute atomic E-state index is 0.0186. The van der Waals surface area contributed by atoms with Gasteiger partial charge in [0.1, 0.15) is 5.60 Å². The molecule has 0 aromatic carbocycles. The van der Waals surface area contributed by atoms with Gasteiger partial charge in [-0.1, -0.05) is 0 Å². The summed E-state index contributed by atoms with van der Waals surface area (Å²) < 4.78 is 18.0. The number of nitrogens with zero attached hydrogens (tertiary/aromatic N) is 3. The summed E-state index contributed by atoms with van der Waals surface area (Å²) >= 11 is 0. The molecule has 0 radical (unpaired) electrons. The maximum Gasteiger partial charge on any atom is 0.410 e. The fraction of sp³-hybridized carbons (Fsp3) is 0.688. The molecule has 2 heterocycles. The lowest BCUT2D eigenvalue weighted by atomic mass is 10.1. The molecule has 1 aromatic heterocycles. The lowest BCUT2D eigenvalue weighted by Gasteiger charge is -2.32. The fourth-order valence-corrected chi connectivity index (χ4v) is 3.92. The van der Waals surface area contributed by atoms with Crippen LogP contribution in [0.5, 0.6) is 0 Å². The summed E-state index contributed by atoms with van der Waals surface area (Å²) in [4.78, 5) is 22.3. The van der Waals surface area contributed by atoms with E-state index in [1.807, 2.05) is 40.7 Å². The van der Waals surface area contributed by atoms with E-state index in [0.717, 1.165) is 11.4 Å². The molecule has 1 saturated heterocycles. The van der Waals surface area contributed by atoms with Gasteiger partial charge in [-0.2, -0.15) is 0 Å². The fourth-order valence-electron chi connectivity index (χ4n) is 2.51. The monoisotopic (exact) mass is 339 g/mol. The Morgan fingerprint density at radius 3 is 2.22 bits per heavy atom. The largest absolute Gasteiger partial charge is 0.444 e. The number of aryl methyl sites for hydroxylation is 2. The van der Waals surface area contributed by atoms with Crippen molar-refractivity contribution in [2.24, 2.45) is 0 Å². The van der Waals surface area contributed by atoms with Gasteiger partial charge in [0.25, 0.3) is 0 Å². The molecule has 0 spiro atoms. The minimum Gasteiger partial charge on any atom is -0.444 e. The molecular weight excluding hydrogens is 314 g/mol. The van der Waals surface area contributed by atoms with Crippen LogP contribution in [0.1, 0.15) is 45.0 Å². The van der Waals surface area contributed by atoms with Crippen LogP contribution in [0.15, 0.2) is 11.2 Å². The molecule has 1 atom stereocenters. The topological polar surface area (TPSA) is 72.4 Å². The van der Waals surface area contributed by atoms with Crippen LogP contribution in [0.4, 0.5) is 4.79 Å². The zero-order valence-corrected chi connectivity index (χ0v) is 15.3. The van der Waals surface area contributed by atoms with Gasteiger partial charge in [-0.3, -0.25) is 4.21 Å². The Morgan fingerprint density at radius 1 is 1.22 bits per heavy atom. The van der Waals surface area contributed by atoms with E-state index in [9.17, 15) is 9.00 Å². The highest BCUT2D eigenvalue weighted by molar-refractivity contribution is 7.85. The summed E-state index contributed by atoms with van der Waals surface area (Å²) in [7, 11) is -1.24. The van der Waals surface area contributed by atoms with Crippen LogP contribution in [0.2, 0.25) is 0 Å². The molecule has 1 fully saturated rings. The number of aromatic nitrogens is 2. The zero-order valence-electron chi connectivity index (χ0n) is 14.5. The minimum atomic E-state index is -1.24. The number of rotatable bonds is 2. The molecule has 0 saturated carbocycles. The molecule has 0 aliphatic carbocycles. The van der Waals surface area contributed by atoms with Gasteiger partial charge in [0, 0.05) is 29.7 Å². The first-order chi connectivity index (χ1) is 10.7. The molecular formula is C16H25N3O3S. The van der Waals surface area contributed by atoms with Crippen molar-refractivity contribution < 1.29 is 13.7 Å². The third-order valence-electron chi connectivity index (χ3n) is 3.54. The average molecular weight is 339 g/mol. The van der Waals surface area contributed by atoms with Gasteiger partial charge in [-0.15, -0.1) is 0 Å². The third-order valence-corrected chi connectivity index (χ3v) is 5.16. The van der Waals surface area contributed by atoms with E-state index >= 15 is 0 Å². The van der Waals surface area contributed by atoms with E-state index in [2.05, 4.69) is 9.97 Å². The molecule has 6 nitrogen and oxygen atoms in total. The zero-order chi connectivity index (χ0) is 17.2. The number of piperidine rings is 1. The number of hydrogen-bond donors (Lipinski definition) is 0. The van der Waals surface area contributed by atoms with Crippen molar-refractivity contribution in [2.45, 2.75) is 63.5 Å². The highest BCUT2D eigenvalue weighted by Gasteiger charge is 2.30. The predicted molar refractivity (Wildman–Crippen MR) is 88.7 cm³/mol. The normalized spacial score (nSPS) is 17.9. The standard InChI is InChI=1S/C16H25N3O3S/c1-11-10-12(2)18-14(17-11)23(21)13-6-8-19(9-7-13)15(20)22-16(3,4)5/h10,13H,6-9H2,1-5H3/t23-/m0/s1. The Morgan fingerprint density at radius 2 is 1.74 bits per heavy atom. The highest BCUT2D eigenvalue weighted by atomic mass is 32.2. The van der Waals surface area contributed by atoms with E-state index in [1.165, 1.54) is 0 Å². The van der Waals surface area contributed by atoms with Crippen LogP contribution in [0.25, 0.3) is 0 Å². The van der Waals surface area contributed by atoms with Crippen molar-refractivity contribution in [1.29, 1.82) is 0 Å². The molecule has 1 amide bonds. The molecule has 0 unspecified atom stereocenters. The molecule has 0 N–H and O–H groups in total. The van der Waals surface area contributed by atoms with Gasteiger partial charge in [0.15, 0.2) is 0 Å². The Labute approximate surface area is 140 Å². The van der Waals surface area contributed by atoms with Crippen molar-refractivity contribution in [3.05, 3.63) is 17.5 Å². The first-order valence-corrected chi connectivity index (χ1v) is 9.08. The average Bonchev–Trinajstić information content (AvgIpc) is 2.44. The number of amides is 1. The van der Waals surface area contributed by atoms with Gasteiger partial charge in [-0.05, 0) is 53.5 Å². The summed E-state index contributed by atoms with van der Waals surface area (Å²) in [5.41, 5.74) is 1.16. The van der Waals surface area contributed by atoms with Crippen molar-refractivity contribution in [2.75, 3.05) is 13.1 Å². The van der Waals surface area contributed by atoms with Gasteiger partial charge in [0.05, 0.1) is 10.8 Å². The maximum absolute atomic E-state index is 12.7. The van der Waals surface area contributed by atoms with Crippen molar-refractivity contribution in [3.63, 3.8) is 0 Å². The molecule has 1 aliphatic rings. The highest BCUT2D eigenvalue weighted by Crippen LogP contribution is 2.21. The lowest BCUT2D eigenvalue weighted by Crippen LogP contribution is -2.43. The number of ether oxygens (including phenoxy) is 1. The first kappa shape index (κ1) is 17.8. The van der Waals surface area contributed by atoms with Gasteiger partial charge < -0.3 is 9.64 Å². The van der Waals surface area contributed by atoms with E-state index in [1.54, 1.807) is 4.90 Å². The van der Waals surface area contributed by atoms with E-state index in [-0.39, 0.29) is 11.3 Å². The van der Waals surface area contributed by atoms with E-state index in [0.29, 0.717) is 31.1 Å². The van der Waals surface area contributed by atoms with E-state index in [4.69, 9.17) is 4.74 Å². The second-order valence-electron chi connectivity index (χ2n) is 6.90. The van der Waals surface area contributed by atoms with Crippen LogP contribution >= 0.6 is 0 Å². The van der Waals surface area contributed by atoms with Crippen molar-refractivity contribution in [3.8, 4) is 0 Å². The van der Waals surface area contributed by atoms with Crippen LogP contribution in [0, 0.1) is 13.8 Å². The van der Waals surface area contributed by atoms with Crippen LogP contribution in [-0.4, -0.2) is 49.1 Å². The molecule has 1 aliphatic heterocycles. The summed E-state index contributed by atoms with van der Waals surface area (Å²) in [6.45, 7) is 10.4. The second-order valence-corrected chi connectivity index (χ2v) is 8.52. The molecule has 1 aromatic rings. The van der Waals surface area contributed by atoms with Crippen molar-refractivity contribution >= 4 is 16.9 Å². The SMILES string of the molecule is Cc1cc(C)nc([S@@](=O)C2CCN(C(=O)OC(C)(C)C)CC2)n1. The van der Waals surface area contributed by atoms with E-state index < -0.39 is 16.4 Å². The van der Waals surface area contributed by atoms with Gasteiger partial charge >= 0.3 is 6.09 Å². The van der Waals surface area contributed by atoms with Gasteiger partial charge in [-0.25, -0.2) is 14.8 Å². The van der Waals surface area contributed by atoms with Gasteiger partial charge in [0.2, 0.25) is 5.16 Å². The molecule has 23 heavy (non-hydrogen) atoms. The first-order valence-electron chi connectivity index (χ1n) is 7.86. The number of carbonyl (C=O) groups excluding carboxylic acids is 1. The van der Waals surface area contributed by atoms with Crippen LogP contribution in [0.3, 0.4) is 0 Å². The summed E-state index contributed by atoms with van der Waals surface area (Å²) in [6, 6.07) is 1.87. The molecule has 128 valence electrons. The number of likely N-dealkylation sites (tertiary alicyclic amines) is 1. The Balaban J connectivity index is 1.96. The third kappa shape index (κ3) is 4.99. The Bertz CT molecular complexity index is 585. The smallest absolute Gasteiger partial charge is 0.410 e. The Hall–Kier alpha value is -1.50. The second kappa shape index (κ2) is 6.95. The quantitative estimate of drug-likeness (QED) is 0.775. The molecule has 7 heteroatoms. The lowest BCUT2D eigenvalue weighted by molar-refractivity contribution is 0.0218. The number of hydrogen-bond acceptors (Lipinski definition) is 5. The summed E-state index contributed by atoms with van der Waals surface area (Å²) in [6.07, 6.45) is 1.04. The molecule has 2 rings (SSSR count).